The molecule has 0 fully saturated rings. The molecule has 4 nitrogen and oxygen atoms in total. The maximum absolute atomic E-state index is 5.99. The fourth-order valence-electron chi connectivity index (χ4n) is 4.14. The summed E-state index contributed by atoms with van der Waals surface area (Å²) >= 11 is 12.0. The van der Waals surface area contributed by atoms with Gasteiger partial charge in [0.25, 0.3) is 0 Å². The van der Waals surface area contributed by atoms with E-state index >= 15 is 0 Å². The third kappa shape index (κ3) is 4.67. The molecule has 32 heavy (non-hydrogen) atoms. The first kappa shape index (κ1) is 21.0. The van der Waals surface area contributed by atoms with E-state index in [1.165, 1.54) is 11.1 Å². The van der Waals surface area contributed by atoms with Crippen molar-refractivity contribution in [2.45, 2.75) is 25.7 Å². The number of aromatic amines is 2. The van der Waals surface area contributed by atoms with Crippen molar-refractivity contribution < 1.29 is 0 Å². The molecule has 162 valence electrons. The summed E-state index contributed by atoms with van der Waals surface area (Å²) in [5.41, 5.74) is 10.4. The summed E-state index contributed by atoms with van der Waals surface area (Å²) in [6, 6.07) is 12.8. The predicted octanol–water partition coefficient (Wildman–Crippen LogP) is 7.00. The van der Waals surface area contributed by atoms with Gasteiger partial charge in [0.15, 0.2) is 0 Å². The number of aromatic nitrogens is 4. The van der Waals surface area contributed by atoms with E-state index in [1.54, 1.807) is 0 Å². The molecule has 0 spiro atoms. The van der Waals surface area contributed by atoms with Crippen LogP contribution in [0.1, 0.15) is 46.7 Å². The zero-order valence-electron chi connectivity index (χ0n) is 17.7. The van der Waals surface area contributed by atoms with Crippen molar-refractivity contribution >= 4 is 69.6 Å². The second-order valence-electron chi connectivity index (χ2n) is 8.08. The fourth-order valence-corrected chi connectivity index (χ4v) is 4.41. The summed E-state index contributed by atoms with van der Waals surface area (Å²) in [5.74, 6) is 1.29. The van der Waals surface area contributed by atoms with Crippen LogP contribution in [0, 0.1) is 0 Å². The Morgan fingerprint density at radius 1 is 0.562 bits per heavy atom. The number of hydrogen-bond acceptors (Lipinski definition) is 2. The molecular formula is C26H24Cl2N4. The molecular weight excluding hydrogens is 439 g/mol. The van der Waals surface area contributed by atoms with Crippen LogP contribution in [0.25, 0.3) is 46.4 Å². The van der Waals surface area contributed by atoms with Crippen molar-refractivity contribution in [3.05, 3.63) is 70.3 Å². The van der Waals surface area contributed by atoms with Crippen molar-refractivity contribution in [2.24, 2.45) is 0 Å². The number of fused-ring (bicyclic) bond motifs is 8. The van der Waals surface area contributed by atoms with Gasteiger partial charge in [0.1, 0.15) is 0 Å². The Balaban J connectivity index is 1.79. The van der Waals surface area contributed by atoms with E-state index in [9.17, 15) is 0 Å². The largest absolute Gasteiger partial charge is 0.355 e. The zero-order valence-corrected chi connectivity index (χ0v) is 19.2. The van der Waals surface area contributed by atoms with Gasteiger partial charge in [0.05, 0.1) is 22.8 Å². The molecule has 3 aromatic heterocycles. The molecule has 0 atom stereocenters. The van der Waals surface area contributed by atoms with Crippen LogP contribution in [0.2, 0.25) is 0 Å². The van der Waals surface area contributed by atoms with Gasteiger partial charge in [-0.2, -0.15) is 0 Å². The Morgan fingerprint density at radius 2 is 1.00 bits per heavy atom. The second-order valence-corrected chi connectivity index (χ2v) is 8.84. The summed E-state index contributed by atoms with van der Waals surface area (Å²) in [6.07, 6.45) is 11.8. The molecule has 2 aliphatic rings. The second kappa shape index (κ2) is 9.35. The molecule has 5 heterocycles. The van der Waals surface area contributed by atoms with Crippen LogP contribution in [0.15, 0.2) is 36.4 Å². The predicted molar refractivity (Wildman–Crippen MR) is 137 cm³/mol. The Kier molecular flexibility index (Phi) is 6.15. The molecule has 3 aromatic rings. The molecule has 2 aliphatic heterocycles. The molecule has 0 unspecified atom stereocenters. The minimum atomic E-state index is 0.643. The van der Waals surface area contributed by atoms with Crippen LogP contribution < -0.4 is 0 Å². The van der Waals surface area contributed by atoms with Crippen molar-refractivity contribution in [1.82, 2.24) is 19.9 Å². The van der Waals surface area contributed by atoms with Crippen LogP contribution in [0.3, 0.4) is 0 Å². The lowest BCUT2D eigenvalue weighted by atomic mass is 10.1. The summed E-state index contributed by atoms with van der Waals surface area (Å²) < 4.78 is 0. The van der Waals surface area contributed by atoms with E-state index in [1.807, 2.05) is 30.4 Å². The van der Waals surface area contributed by atoms with Crippen molar-refractivity contribution in [1.29, 1.82) is 0 Å². The number of halogens is 2. The summed E-state index contributed by atoms with van der Waals surface area (Å²) in [5, 5.41) is 0. The third-order valence-electron chi connectivity index (χ3n) is 5.63. The van der Waals surface area contributed by atoms with Crippen LogP contribution in [0.4, 0.5) is 0 Å². The molecule has 2 N–H and O–H groups in total. The normalized spacial score (nSPS) is 12.6. The van der Waals surface area contributed by atoms with Gasteiger partial charge in [-0.25, -0.2) is 9.97 Å². The van der Waals surface area contributed by atoms with Crippen LogP contribution in [-0.2, 0) is 12.8 Å². The molecule has 0 radical (unpaired) electrons. The quantitative estimate of drug-likeness (QED) is 0.267. The highest BCUT2D eigenvalue weighted by atomic mass is 35.5. The highest BCUT2D eigenvalue weighted by Gasteiger charge is 2.07. The van der Waals surface area contributed by atoms with E-state index in [4.69, 9.17) is 33.2 Å². The van der Waals surface area contributed by atoms with E-state index in [2.05, 4.69) is 40.3 Å². The van der Waals surface area contributed by atoms with Gasteiger partial charge in [-0.05, 0) is 97.5 Å². The van der Waals surface area contributed by atoms with E-state index in [-0.39, 0.29) is 0 Å². The van der Waals surface area contributed by atoms with E-state index in [0.29, 0.717) is 11.8 Å². The molecule has 0 amide bonds. The summed E-state index contributed by atoms with van der Waals surface area (Å²) in [6.45, 7) is 0. The summed E-state index contributed by atoms with van der Waals surface area (Å²) in [4.78, 5) is 16.6. The van der Waals surface area contributed by atoms with Crippen LogP contribution in [0.5, 0.6) is 0 Å². The Morgan fingerprint density at radius 3 is 1.44 bits per heavy atom. The zero-order chi connectivity index (χ0) is 21.9. The van der Waals surface area contributed by atoms with Gasteiger partial charge in [0, 0.05) is 33.8 Å². The topological polar surface area (TPSA) is 57.4 Å². The number of hydrogen-bond donors (Lipinski definition) is 2. The lowest BCUT2D eigenvalue weighted by Crippen LogP contribution is -1.85. The van der Waals surface area contributed by atoms with Gasteiger partial charge in [-0.3, -0.25) is 0 Å². The van der Waals surface area contributed by atoms with Gasteiger partial charge in [-0.1, -0.05) is 0 Å². The number of nitrogens with one attached hydrogen (secondary N) is 2. The first-order chi connectivity index (χ1) is 15.7. The van der Waals surface area contributed by atoms with Crippen LogP contribution in [-0.4, -0.2) is 31.7 Å². The average Bonchev–Trinajstić information content (AvgIpc) is 3.55. The Hall–Kier alpha value is -2.82. The molecule has 8 bridgehead atoms. The van der Waals surface area contributed by atoms with Gasteiger partial charge in [0.2, 0.25) is 0 Å². The number of rotatable bonds is 6. The maximum atomic E-state index is 5.99. The SMILES string of the molecule is ClCCCc1cc2cc3nc(cc4nc(cc5cc(CCCCl)c(cc1[nH]2)[nH]5)C=C4)C=C3. The van der Waals surface area contributed by atoms with Crippen molar-refractivity contribution in [3.63, 3.8) is 0 Å². The molecule has 6 heteroatoms. The monoisotopic (exact) mass is 462 g/mol. The van der Waals surface area contributed by atoms with E-state index in [0.717, 1.165) is 70.5 Å². The first-order valence-corrected chi connectivity index (χ1v) is 12.0. The summed E-state index contributed by atoms with van der Waals surface area (Å²) in [7, 11) is 0. The maximum Gasteiger partial charge on any atom is 0.0659 e. The number of H-pyrrole nitrogens is 2. The van der Waals surface area contributed by atoms with Crippen LogP contribution >= 0.6 is 23.2 Å². The molecule has 0 aliphatic carbocycles. The Bertz CT molecular complexity index is 1260. The first-order valence-electron chi connectivity index (χ1n) is 10.9. The van der Waals surface area contributed by atoms with Gasteiger partial charge in [-0.15, -0.1) is 23.2 Å². The smallest absolute Gasteiger partial charge is 0.0659 e. The number of alkyl halides is 2. The van der Waals surface area contributed by atoms with E-state index < -0.39 is 0 Å². The average molecular weight is 463 g/mol. The highest BCUT2D eigenvalue weighted by molar-refractivity contribution is 6.18. The third-order valence-corrected chi connectivity index (χ3v) is 6.16. The molecule has 0 saturated heterocycles. The van der Waals surface area contributed by atoms with Gasteiger partial charge < -0.3 is 9.97 Å². The standard InChI is InChI=1S/C26H24Cl2N4/c27-9-1-3-17-11-23-14-21-7-5-19(29-21)13-20-6-8-22(30-20)15-24-12-18(4-2-10-28)26(32-24)16-25(17)31-23/h5-8,11-16,31-32H,1-4,9-10H2. The number of nitrogens with zero attached hydrogens (tertiary/aromatic N) is 2. The van der Waals surface area contributed by atoms with Crippen molar-refractivity contribution in [2.75, 3.05) is 11.8 Å². The highest BCUT2D eigenvalue weighted by Crippen LogP contribution is 2.23. The molecule has 0 aromatic carbocycles. The van der Waals surface area contributed by atoms with Crippen molar-refractivity contribution in [3.8, 4) is 0 Å². The number of aryl methyl sites for hydroxylation is 2. The molecule has 0 saturated carbocycles. The lowest BCUT2D eigenvalue weighted by Gasteiger charge is -1.97. The van der Waals surface area contributed by atoms with Gasteiger partial charge >= 0.3 is 0 Å². The minimum Gasteiger partial charge on any atom is -0.355 e. The molecule has 5 rings (SSSR count). The minimum absolute atomic E-state index is 0.643. The fraction of sp³-hybridized carbons (Fsp3) is 0.231. The lowest BCUT2D eigenvalue weighted by molar-refractivity contribution is 0.936. The Labute approximate surface area is 197 Å².